The van der Waals surface area contributed by atoms with Gasteiger partial charge in [-0.05, 0) is 44.7 Å². The van der Waals surface area contributed by atoms with E-state index in [1.165, 1.54) is 0 Å². The van der Waals surface area contributed by atoms with E-state index in [1.54, 1.807) is 31.9 Å². The summed E-state index contributed by atoms with van der Waals surface area (Å²) in [6.07, 6.45) is 1.99. The van der Waals surface area contributed by atoms with Crippen molar-refractivity contribution in [1.82, 2.24) is 15.3 Å². The topological polar surface area (TPSA) is 105 Å². The van der Waals surface area contributed by atoms with E-state index < -0.39 is 23.7 Å². The Kier molecular flexibility index (Phi) is 6.51. The number of carboxylic acid groups (broad SMARTS) is 1. The van der Waals surface area contributed by atoms with Gasteiger partial charge in [0.15, 0.2) is 0 Å². The lowest BCUT2D eigenvalue weighted by molar-refractivity contribution is -0.138. The third-order valence-electron chi connectivity index (χ3n) is 4.11. The molecule has 150 valence electrons. The number of amides is 1. The molecule has 0 aromatic carbocycles. The maximum absolute atomic E-state index is 12.1. The van der Waals surface area contributed by atoms with Gasteiger partial charge in [-0.3, -0.25) is 0 Å². The molecule has 2 atom stereocenters. The highest BCUT2D eigenvalue weighted by atomic mass is 35.5. The zero-order chi connectivity index (χ0) is 20.4. The predicted molar refractivity (Wildman–Crippen MR) is 102 cm³/mol. The Bertz CT molecular complexity index is 705. The fourth-order valence-electron chi connectivity index (χ4n) is 3.19. The number of ether oxygens (including phenoxy) is 1. The first-order valence-corrected chi connectivity index (χ1v) is 9.35. The number of anilines is 1. The van der Waals surface area contributed by atoms with Gasteiger partial charge in [-0.1, -0.05) is 13.8 Å². The number of hydrogen-bond donors (Lipinski definition) is 2. The number of aromatic nitrogens is 2. The summed E-state index contributed by atoms with van der Waals surface area (Å²) >= 11 is 5.94. The molecule has 2 rings (SSSR count). The molecule has 1 aromatic rings. The summed E-state index contributed by atoms with van der Waals surface area (Å²) in [5.41, 5.74) is 0.125. The molecule has 1 aliphatic heterocycles. The monoisotopic (exact) mass is 398 g/mol. The van der Waals surface area contributed by atoms with Crippen molar-refractivity contribution >= 4 is 29.5 Å². The van der Waals surface area contributed by atoms with Gasteiger partial charge in [0.05, 0.1) is 0 Å². The van der Waals surface area contributed by atoms with Crippen LogP contribution in [0.2, 0.25) is 5.28 Å². The number of carbonyl (C=O) groups is 2. The van der Waals surface area contributed by atoms with Crippen molar-refractivity contribution in [3.8, 4) is 0 Å². The normalized spacial score (nSPS) is 17.6. The van der Waals surface area contributed by atoms with Crippen LogP contribution in [-0.2, 0) is 16.0 Å². The lowest BCUT2D eigenvalue weighted by Gasteiger charge is -2.34. The second kappa shape index (κ2) is 8.29. The fraction of sp³-hybridized carbons (Fsp3) is 0.667. The van der Waals surface area contributed by atoms with Crippen LogP contribution in [0.5, 0.6) is 0 Å². The molecule has 0 bridgehead atoms. The molecule has 27 heavy (non-hydrogen) atoms. The lowest BCUT2D eigenvalue weighted by Crippen LogP contribution is -2.51. The van der Waals surface area contributed by atoms with Gasteiger partial charge in [0.2, 0.25) is 5.28 Å². The molecule has 0 saturated carbocycles. The minimum atomic E-state index is -0.949. The molecule has 2 unspecified atom stereocenters. The molecule has 0 spiro atoms. The van der Waals surface area contributed by atoms with Crippen LogP contribution >= 0.6 is 11.6 Å². The minimum absolute atomic E-state index is 0.0631. The van der Waals surface area contributed by atoms with Crippen LogP contribution in [0.3, 0.4) is 0 Å². The van der Waals surface area contributed by atoms with Crippen molar-refractivity contribution < 1.29 is 19.4 Å². The second-order valence-electron chi connectivity index (χ2n) is 8.12. The van der Waals surface area contributed by atoms with Crippen molar-refractivity contribution in [1.29, 1.82) is 0 Å². The van der Waals surface area contributed by atoms with Crippen molar-refractivity contribution in [2.24, 2.45) is 5.92 Å². The number of halogens is 1. The molecule has 1 aromatic heterocycles. The zero-order valence-corrected chi connectivity index (χ0v) is 17.1. The van der Waals surface area contributed by atoms with Gasteiger partial charge in [-0.2, -0.15) is 0 Å². The molecule has 1 aliphatic rings. The van der Waals surface area contributed by atoms with Gasteiger partial charge >= 0.3 is 12.1 Å². The maximum Gasteiger partial charge on any atom is 0.407 e. The third-order valence-corrected chi connectivity index (χ3v) is 4.29. The van der Waals surface area contributed by atoms with Crippen molar-refractivity contribution in [2.75, 3.05) is 11.4 Å². The molecular weight excluding hydrogens is 372 g/mol. The Balaban J connectivity index is 2.26. The van der Waals surface area contributed by atoms with Gasteiger partial charge in [0.25, 0.3) is 0 Å². The molecule has 9 heteroatoms. The van der Waals surface area contributed by atoms with Crippen molar-refractivity contribution in [2.45, 2.75) is 65.1 Å². The fourth-order valence-corrected chi connectivity index (χ4v) is 3.32. The predicted octanol–water partition coefficient (Wildman–Crippen LogP) is 2.89. The van der Waals surface area contributed by atoms with Crippen molar-refractivity contribution in [3.63, 3.8) is 0 Å². The van der Waals surface area contributed by atoms with Gasteiger partial charge in [0, 0.05) is 30.8 Å². The summed E-state index contributed by atoms with van der Waals surface area (Å²) in [6, 6.07) is -1.05. The largest absolute Gasteiger partial charge is 0.480 e. The summed E-state index contributed by atoms with van der Waals surface area (Å²) in [7, 11) is 0. The van der Waals surface area contributed by atoms with E-state index in [1.807, 2.05) is 13.8 Å². The second-order valence-corrected chi connectivity index (χ2v) is 8.46. The summed E-state index contributed by atoms with van der Waals surface area (Å²) in [4.78, 5) is 33.9. The number of rotatable bonds is 6. The maximum atomic E-state index is 12.1. The van der Waals surface area contributed by atoms with Gasteiger partial charge < -0.3 is 20.1 Å². The van der Waals surface area contributed by atoms with E-state index in [0.717, 1.165) is 5.56 Å². The molecular formula is C18H27ClN4O4. The van der Waals surface area contributed by atoms with E-state index in [-0.39, 0.29) is 23.8 Å². The van der Waals surface area contributed by atoms with Crippen LogP contribution in [0, 0.1) is 5.92 Å². The Morgan fingerprint density at radius 1 is 1.44 bits per heavy atom. The Labute approximate surface area is 164 Å². The number of fused-ring (bicyclic) bond motifs is 1. The third kappa shape index (κ3) is 5.69. The van der Waals surface area contributed by atoms with Gasteiger partial charge in [0.1, 0.15) is 17.5 Å². The first-order valence-electron chi connectivity index (χ1n) is 8.97. The van der Waals surface area contributed by atoms with Crippen LogP contribution in [0.1, 0.15) is 46.6 Å². The lowest BCUT2D eigenvalue weighted by atomic mass is 10.0. The summed E-state index contributed by atoms with van der Waals surface area (Å²) in [5.74, 6) is -0.152. The molecule has 0 radical (unpaired) electrons. The minimum Gasteiger partial charge on any atom is -0.480 e. The molecule has 0 fully saturated rings. The average Bonchev–Trinajstić information content (AvgIpc) is 2.88. The number of hydrogen-bond acceptors (Lipinski definition) is 6. The summed E-state index contributed by atoms with van der Waals surface area (Å²) in [6.45, 7) is 9.68. The number of carbonyl (C=O) groups excluding carboxylic acids is 1. The highest BCUT2D eigenvalue weighted by Gasteiger charge is 2.40. The molecule has 0 aliphatic carbocycles. The molecule has 2 heterocycles. The summed E-state index contributed by atoms with van der Waals surface area (Å²) in [5, 5.41) is 12.5. The van der Waals surface area contributed by atoms with E-state index >= 15 is 0 Å². The molecule has 1 amide bonds. The van der Waals surface area contributed by atoms with Crippen LogP contribution in [0.15, 0.2) is 6.20 Å². The standard InChI is InChI=1S/C18H27ClN4O4/c1-10(2)6-12(9-21-17(26)27-18(3,4)5)23-13(15(24)25)7-11-8-20-16(19)22-14(11)23/h8,10,12-13H,6-7,9H2,1-5H3,(H,21,26)(H,24,25). The van der Waals surface area contributed by atoms with Crippen LogP contribution in [-0.4, -0.2) is 51.4 Å². The van der Waals surface area contributed by atoms with Crippen molar-refractivity contribution in [3.05, 3.63) is 17.0 Å². The first-order chi connectivity index (χ1) is 12.5. The van der Waals surface area contributed by atoms with Gasteiger partial charge in [-0.15, -0.1) is 0 Å². The smallest absolute Gasteiger partial charge is 0.407 e. The number of nitrogens with zero attached hydrogens (tertiary/aromatic N) is 3. The highest BCUT2D eigenvalue weighted by molar-refractivity contribution is 6.28. The number of carboxylic acids is 1. The zero-order valence-electron chi connectivity index (χ0n) is 16.3. The SMILES string of the molecule is CC(C)CC(CNC(=O)OC(C)(C)C)N1c2nc(Cl)ncc2CC1C(=O)O. The summed E-state index contributed by atoms with van der Waals surface area (Å²) < 4.78 is 5.29. The van der Waals surface area contributed by atoms with Crippen LogP contribution < -0.4 is 10.2 Å². The van der Waals surface area contributed by atoms with E-state index in [9.17, 15) is 14.7 Å². The molecule has 0 saturated heterocycles. The number of aliphatic carboxylic acids is 1. The quantitative estimate of drug-likeness (QED) is 0.710. The highest BCUT2D eigenvalue weighted by Crippen LogP contribution is 2.34. The first kappa shape index (κ1) is 21.2. The Morgan fingerprint density at radius 2 is 2.11 bits per heavy atom. The number of nitrogens with one attached hydrogen (secondary N) is 1. The molecule has 8 nitrogen and oxygen atoms in total. The van der Waals surface area contributed by atoms with E-state index in [4.69, 9.17) is 16.3 Å². The molecule has 2 N–H and O–H groups in total. The Hall–Kier alpha value is -2.09. The van der Waals surface area contributed by atoms with E-state index in [0.29, 0.717) is 18.7 Å². The van der Waals surface area contributed by atoms with Crippen LogP contribution in [0.25, 0.3) is 0 Å². The average molecular weight is 399 g/mol. The van der Waals surface area contributed by atoms with E-state index in [2.05, 4.69) is 15.3 Å². The van der Waals surface area contributed by atoms with Gasteiger partial charge in [-0.25, -0.2) is 19.6 Å². The van der Waals surface area contributed by atoms with Crippen LogP contribution in [0.4, 0.5) is 10.6 Å². The number of alkyl carbamates (subject to hydrolysis) is 1. The Morgan fingerprint density at radius 3 is 2.67 bits per heavy atom.